The SMILES string of the molecule is Nc1ccnc(Cc2n[nH]c(=O)c3ccccc23)c1. The summed E-state index contributed by atoms with van der Waals surface area (Å²) in [5.74, 6) is 0. The molecule has 5 heteroatoms. The second-order valence-electron chi connectivity index (χ2n) is 4.30. The van der Waals surface area contributed by atoms with Gasteiger partial charge in [0.2, 0.25) is 0 Å². The maximum atomic E-state index is 11.7. The summed E-state index contributed by atoms with van der Waals surface area (Å²) < 4.78 is 0. The first-order valence-corrected chi connectivity index (χ1v) is 5.91. The fourth-order valence-electron chi connectivity index (χ4n) is 2.07. The molecule has 94 valence electrons. The van der Waals surface area contributed by atoms with E-state index in [4.69, 9.17) is 5.73 Å². The van der Waals surface area contributed by atoms with Crippen LogP contribution in [0.1, 0.15) is 11.4 Å². The van der Waals surface area contributed by atoms with Crippen molar-refractivity contribution in [2.24, 2.45) is 0 Å². The van der Waals surface area contributed by atoms with Crippen molar-refractivity contribution in [3.05, 3.63) is 64.3 Å². The van der Waals surface area contributed by atoms with E-state index in [9.17, 15) is 4.79 Å². The fourth-order valence-corrected chi connectivity index (χ4v) is 2.07. The average molecular weight is 252 g/mol. The highest BCUT2D eigenvalue weighted by molar-refractivity contribution is 5.83. The average Bonchev–Trinajstić information content (AvgIpc) is 2.42. The Morgan fingerprint density at radius 3 is 2.74 bits per heavy atom. The lowest BCUT2D eigenvalue weighted by molar-refractivity contribution is 0.918. The number of hydrogen-bond acceptors (Lipinski definition) is 4. The van der Waals surface area contributed by atoms with Crippen molar-refractivity contribution in [2.45, 2.75) is 6.42 Å². The number of benzene rings is 1. The number of hydrogen-bond donors (Lipinski definition) is 2. The second kappa shape index (κ2) is 4.53. The summed E-state index contributed by atoms with van der Waals surface area (Å²) in [4.78, 5) is 15.9. The quantitative estimate of drug-likeness (QED) is 0.723. The molecule has 0 amide bonds. The Bertz CT molecular complexity index is 795. The van der Waals surface area contributed by atoms with Crippen LogP contribution in [-0.4, -0.2) is 15.2 Å². The predicted molar refractivity (Wildman–Crippen MR) is 73.8 cm³/mol. The van der Waals surface area contributed by atoms with E-state index >= 15 is 0 Å². The van der Waals surface area contributed by atoms with Crippen LogP contribution in [0.5, 0.6) is 0 Å². The first-order valence-electron chi connectivity index (χ1n) is 5.91. The number of aromatic amines is 1. The summed E-state index contributed by atoms with van der Waals surface area (Å²) in [6, 6.07) is 10.9. The van der Waals surface area contributed by atoms with Gasteiger partial charge in [-0.15, -0.1) is 0 Å². The van der Waals surface area contributed by atoms with Gasteiger partial charge in [0.25, 0.3) is 5.56 Å². The van der Waals surface area contributed by atoms with Gasteiger partial charge in [0.15, 0.2) is 0 Å². The van der Waals surface area contributed by atoms with Gasteiger partial charge < -0.3 is 5.73 Å². The van der Waals surface area contributed by atoms with E-state index in [-0.39, 0.29) is 5.56 Å². The normalized spacial score (nSPS) is 10.7. The molecule has 0 saturated heterocycles. The van der Waals surface area contributed by atoms with Gasteiger partial charge in [0, 0.05) is 29.4 Å². The maximum Gasteiger partial charge on any atom is 0.272 e. The minimum Gasteiger partial charge on any atom is -0.399 e. The lowest BCUT2D eigenvalue weighted by atomic mass is 10.1. The zero-order chi connectivity index (χ0) is 13.2. The lowest BCUT2D eigenvalue weighted by Gasteiger charge is -2.04. The Morgan fingerprint density at radius 2 is 1.95 bits per heavy atom. The third-order valence-corrected chi connectivity index (χ3v) is 2.96. The number of rotatable bonds is 2. The first-order chi connectivity index (χ1) is 9.24. The van der Waals surface area contributed by atoms with E-state index in [0.717, 1.165) is 16.8 Å². The van der Waals surface area contributed by atoms with Crippen molar-refractivity contribution in [1.82, 2.24) is 15.2 Å². The van der Waals surface area contributed by atoms with E-state index in [1.807, 2.05) is 24.3 Å². The summed E-state index contributed by atoms with van der Waals surface area (Å²) in [5, 5.41) is 8.10. The molecule has 3 N–H and O–H groups in total. The molecule has 0 aliphatic heterocycles. The van der Waals surface area contributed by atoms with Gasteiger partial charge in [0.05, 0.1) is 11.1 Å². The molecule has 0 spiro atoms. The molecule has 0 aliphatic carbocycles. The molecule has 0 bridgehead atoms. The number of pyridine rings is 1. The molecule has 19 heavy (non-hydrogen) atoms. The largest absolute Gasteiger partial charge is 0.399 e. The standard InChI is InChI=1S/C14H12N4O/c15-9-5-6-16-10(7-9)8-13-11-3-1-2-4-12(11)14(19)18-17-13/h1-7H,8H2,(H2,15,16)(H,18,19). The van der Waals surface area contributed by atoms with Crippen molar-refractivity contribution in [3.63, 3.8) is 0 Å². The number of anilines is 1. The van der Waals surface area contributed by atoms with Crippen LogP contribution in [0.2, 0.25) is 0 Å². The van der Waals surface area contributed by atoms with Crippen LogP contribution in [0.25, 0.3) is 10.8 Å². The van der Waals surface area contributed by atoms with Crippen LogP contribution >= 0.6 is 0 Å². The molecule has 1 aromatic carbocycles. The monoisotopic (exact) mass is 252 g/mol. The topological polar surface area (TPSA) is 84.7 Å². The van der Waals surface area contributed by atoms with Gasteiger partial charge in [0.1, 0.15) is 0 Å². The molecule has 0 radical (unpaired) electrons. The van der Waals surface area contributed by atoms with E-state index < -0.39 is 0 Å². The van der Waals surface area contributed by atoms with Gasteiger partial charge in [-0.1, -0.05) is 18.2 Å². The molecule has 5 nitrogen and oxygen atoms in total. The molecule has 0 atom stereocenters. The minimum atomic E-state index is -0.181. The Kier molecular flexibility index (Phi) is 2.72. The number of fused-ring (bicyclic) bond motifs is 1. The van der Waals surface area contributed by atoms with Crippen LogP contribution in [0.3, 0.4) is 0 Å². The van der Waals surface area contributed by atoms with Crippen LogP contribution in [0, 0.1) is 0 Å². The Balaban J connectivity index is 2.11. The molecule has 0 saturated carbocycles. The number of nitrogen functional groups attached to an aromatic ring is 1. The number of nitrogens with two attached hydrogens (primary N) is 1. The van der Waals surface area contributed by atoms with Gasteiger partial charge in [-0.2, -0.15) is 5.10 Å². The summed E-state index contributed by atoms with van der Waals surface area (Å²) in [5.41, 5.74) is 7.82. The van der Waals surface area contributed by atoms with Crippen molar-refractivity contribution < 1.29 is 0 Å². The molecule has 3 aromatic rings. The van der Waals surface area contributed by atoms with Crippen LogP contribution in [-0.2, 0) is 6.42 Å². The van der Waals surface area contributed by atoms with Crippen molar-refractivity contribution in [1.29, 1.82) is 0 Å². The van der Waals surface area contributed by atoms with Gasteiger partial charge in [-0.25, -0.2) is 5.10 Å². The van der Waals surface area contributed by atoms with E-state index in [0.29, 0.717) is 17.5 Å². The third kappa shape index (κ3) is 2.18. The summed E-state index contributed by atoms with van der Waals surface area (Å²) in [7, 11) is 0. The highest BCUT2D eigenvalue weighted by Crippen LogP contribution is 2.16. The number of aromatic nitrogens is 3. The molecule has 3 rings (SSSR count). The summed E-state index contributed by atoms with van der Waals surface area (Å²) in [6.07, 6.45) is 2.20. The Morgan fingerprint density at radius 1 is 1.16 bits per heavy atom. The van der Waals surface area contributed by atoms with E-state index in [1.165, 1.54) is 0 Å². The minimum absolute atomic E-state index is 0.181. The molecular formula is C14H12N4O. The first kappa shape index (κ1) is 11.4. The lowest BCUT2D eigenvalue weighted by Crippen LogP contribution is -2.11. The van der Waals surface area contributed by atoms with Crippen LogP contribution < -0.4 is 11.3 Å². The molecular weight excluding hydrogens is 240 g/mol. The van der Waals surface area contributed by atoms with Crippen molar-refractivity contribution >= 4 is 16.5 Å². The van der Waals surface area contributed by atoms with Crippen molar-refractivity contribution in [2.75, 3.05) is 5.73 Å². The highest BCUT2D eigenvalue weighted by Gasteiger charge is 2.07. The zero-order valence-corrected chi connectivity index (χ0v) is 10.1. The molecule has 2 aromatic heterocycles. The smallest absolute Gasteiger partial charge is 0.272 e. The second-order valence-corrected chi connectivity index (χ2v) is 4.30. The van der Waals surface area contributed by atoms with Gasteiger partial charge in [-0.3, -0.25) is 9.78 Å². The Labute approximate surface area is 109 Å². The number of H-pyrrole nitrogens is 1. The molecule has 2 heterocycles. The van der Waals surface area contributed by atoms with Crippen molar-refractivity contribution in [3.8, 4) is 0 Å². The zero-order valence-electron chi connectivity index (χ0n) is 10.1. The predicted octanol–water partition coefficient (Wildman–Crippen LogP) is 1.49. The van der Waals surface area contributed by atoms with E-state index in [2.05, 4.69) is 15.2 Å². The fraction of sp³-hybridized carbons (Fsp3) is 0.0714. The molecule has 0 unspecified atom stereocenters. The number of nitrogens with zero attached hydrogens (tertiary/aromatic N) is 2. The molecule has 0 aliphatic rings. The molecule has 0 fully saturated rings. The van der Waals surface area contributed by atoms with E-state index in [1.54, 1.807) is 18.3 Å². The van der Waals surface area contributed by atoms with Gasteiger partial charge >= 0.3 is 0 Å². The van der Waals surface area contributed by atoms with Gasteiger partial charge in [-0.05, 0) is 18.2 Å². The maximum absolute atomic E-state index is 11.7. The highest BCUT2D eigenvalue weighted by atomic mass is 16.1. The van der Waals surface area contributed by atoms with Crippen LogP contribution in [0.15, 0.2) is 47.4 Å². The summed E-state index contributed by atoms with van der Waals surface area (Å²) in [6.45, 7) is 0. The number of nitrogens with one attached hydrogen (secondary N) is 1. The Hall–Kier alpha value is -2.69. The summed E-state index contributed by atoms with van der Waals surface area (Å²) >= 11 is 0. The van der Waals surface area contributed by atoms with Crippen LogP contribution in [0.4, 0.5) is 5.69 Å². The third-order valence-electron chi connectivity index (χ3n) is 2.96.